The molecule has 1 atom stereocenters. The van der Waals surface area contributed by atoms with Crippen molar-refractivity contribution in [2.75, 3.05) is 5.32 Å². The fourth-order valence-corrected chi connectivity index (χ4v) is 1.73. The molecule has 100 valence electrons. The Morgan fingerprint density at radius 2 is 2.00 bits per heavy atom. The Balaban J connectivity index is 2.76. The van der Waals surface area contributed by atoms with Crippen LogP contribution in [-0.2, 0) is 0 Å². The first-order chi connectivity index (χ1) is 8.40. The molecule has 0 aromatic carbocycles. The minimum Gasteiger partial charge on any atom is -0.478 e. The summed E-state index contributed by atoms with van der Waals surface area (Å²) in [4.78, 5) is 15.4. The van der Waals surface area contributed by atoms with Crippen molar-refractivity contribution in [1.82, 2.24) is 4.98 Å². The molecule has 1 aromatic heterocycles. The van der Waals surface area contributed by atoms with Crippen molar-refractivity contribution in [1.29, 1.82) is 0 Å². The van der Waals surface area contributed by atoms with Crippen LogP contribution >= 0.6 is 0 Å². The molecular weight excluding hydrogens is 228 g/mol. The van der Waals surface area contributed by atoms with Crippen LogP contribution in [0.15, 0.2) is 12.1 Å². The van der Waals surface area contributed by atoms with Crippen LogP contribution in [0.5, 0.6) is 0 Å². The van der Waals surface area contributed by atoms with Gasteiger partial charge in [-0.3, -0.25) is 0 Å². The molecule has 0 spiro atoms. The number of hydrogen-bond acceptors (Lipinski definition) is 3. The molecule has 0 amide bonds. The fraction of sp³-hybridized carbons (Fsp3) is 0.571. The molecule has 1 unspecified atom stereocenters. The highest BCUT2D eigenvalue weighted by Gasteiger charge is 2.13. The van der Waals surface area contributed by atoms with Gasteiger partial charge in [-0.15, -0.1) is 0 Å². The van der Waals surface area contributed by atoms with E-state index in [9.17, 15) is 4.79 Å². The van der Waals surface area contributed by atoms with E-state index in [0.717, 1.165) is 18.5 Å². The Bertz CT molecular complexity index is 416. The smallest absolute Gasteiger partial charge is 0.339 e. The van der Waals surface area contributed by atoms with Crippen molar-refractivity contribution < 1.29 is 9.90 Å². The number of nitrogens with one attached hydrogen (secondary N) is 1. The topological polar surface area (TPSA) is 62.2 Å². The Hall–Kier alpha value is -1.58. The third-order valence-electron chi connectivity index (χ3n) is 2.83. The SMILES string of the molecule is Cc1ccc(C(=O)O)c(NC(C)CCC(C)C)n1. The van der Waals surface area contributed by atoms with E-state index in [4.69, 9.17) is 5.11 Å². The van der Waals surface area contributed by atoms with Crippen LogP contribution in [0.3, 0.4) is 0 Å². The quantitative estimate of drug-likeness (QED) is 0.813. The van der Waals surface area contributed by atoms with Crippen molar-refractivity contribution in [2.45, 2.75) is 46.6 Å². The summed E-state index contributed by atoms with van der Waals surface area (Å²) in [5, 5.41) is 12.3. The molecule has 0 bridgehead atoms. The van der Waals surface area contributed by atoms with Gasteiger partial charge in [-0.25, -0.2) is 9.78 Å². The van der Waals surface area contributed by atoms with Gasteiger partial charge in [0.2, 0.25) is 0 Å². The third kappa shape index (κ3) is 4.35. The lowest BCUT2D eigenvalue weighted by molar-refractivity contribution is 0.0697. The second-order valence-corrected chi connectivity index (χ2v) is 5.17. The van der Waals surface area contributed by atoms with E-state index in [-0.39, 0.29) is 11.6 Å². The number of carbonyl (C=O) groups is 1. The van der Waals surface area contributed by atoms with Crippen molar-refractivity contribution in [3.63, 3.8) is 0 Å². The van der Waals surface area contributed by atoms with Gasteiger partial charge >= 0.3 is 5.97 Å². The number of nitrogens with zero attached hydrogens (tertiary/aromatic N) is 1. The molecule has 0 radical (unpaired) electrons. The van der Waals surface area contributed by atoms with Gasteiger partial charge in [0.15, 0.2) is 0 Å². The summed E-state index contributed by atoms with van der Waals surface area (Å²) in [6.07, 6.45) is 2.12. The van der Waals surface area contributed by atoms with Gasteiger partial charge in [0, 0.05) is 11.7 Å². The van der Waals surface area contributed by atoms with E-state index in [1.165, 1.54) is 0 Å². The maximum absolute atomic E-state index is 11.1. The molecule has 0 saturated heterocycles. The monoisotopic (exact) mass is 250 g/mol. The van der Waals surface area contributed by atoms with E-state index in [2.05, 4.69) is 31.1 Å². The summed E-state index contributed by atoms with van der Waals surface area (Å²) in [7, 11) is 0. The molecule has 1 aromatic rings. The third-order valence-corrected chi connectivity index (χ3v) is 2.83. The number of carboxylic acid groups (broad SMARTS) is 1. The van der Waals surface area contributed by atoms with Crippen molar-refractivity contribution in [3.8, 4) is 0 Å². The lowest BCUT2D eigenvalue weighted by Gasteiger charge is -2.17. The van der Waals surface area contributed by atoms with Gasteiger partial charge in [-0.1, -0.05) is 13.8 Å². The zero-order valence-corrected chi connectivity index (χ0v) is 11.5. The van der Waals surface area contributed by atoms with Gasteiger partial charge in [0.05, 0.1) is 0 Å². The van der Waals surface area contributed by atoms with E-state index in [1.54, 1.807) is 12.1 Å². The zero-order chi connectivity index (χ0) is 13.7. The molecule has 0 saturated carbocycles. The molecule has 0 aliphatic carbocycles. The highest BCUT2D eigenvalue weighted by molar-refractivity contribution is 5.93. The van der Waals surface area contributed by atoms with Crippen molar-refractivity contribution in [3.05, 3.63) is 23.4 Å². The van der Waals surface area contributed by atoms with Gasteiger partial charge < -0.3 is 10.4 Å². The molecule has 1 heterocycles. The summed E-state index contributed by atoms with van der Waals surface area (Å²) in [6, 6.07) is 3.54. The van der Waals surface area contributed by atoms with Crippen LogP contribution in [0.25, 0.3) is 0 Å². The number of aromatic carboxylic acids is 1. The zero-order valence-electron chi connectivity index (χ0n) is 11.5. The number of pyridine rings is 1. The maximum atomic E-state index is 11.1. The number of carboxylic acids is 1. The van der Waals surface area contributed by atoms with Gasteiger partial charge in [-0.05, 0) is 44.7 Å². The number of aryl methyl sites for hydroxylation is 1. The highest BCUT2D eigenvalue weighted by atomic mass is 16.4. The highest BCUT2D eigenvalue weighted by Crippen LogP contribution is 2.17. The standard InChI is InChI=1S/C14H22N2O2/c1-9(2)5-6-10(3)15-13-12(14(17)18)8-7-11(4)16-13/h7-10H,5-6H2,1-4H3,(H,15,16)(H,17,18). The van der Waals surface area contributed by atoms with Gasteiger partial charge in [0.1, 0.15) is 11.4 Å². The molecule has 18 heavy (non-hydrogen) atoms. The van der Waals surface area contributed by atoms with E-state index >= 15 is 0 Å². The fourth-order valence-electron chi connectivity index (χ4n) is 1.73. The molecule has 0 aliphatic rings. The number of anilines is 1. The summed E-state index contributed by atoms with van der Waals surface area (Å²) in [5.74, 6) is 0.179. The second-order valence-electron chi connectivity index (χ2n) is 5.17. The first-order valence-corrected chi connectivity index (χ1v) is 6.37. The maximum Gasteiger partial charge on any atom is 0.339 e. The molecule has 4 heteroatoms. The predicted molar refractivity (Wildman–Crippen MR) is 73.1 cm³/mol. The van der Waals surface area contributed by atoms with Crippen LogP contribution in [0.4, 0.5) is 5.82 Å². The van der Waals surface area contributed by atoms with Gasteiger partial charge in [0.25, 0.3) is 0 Å². The molecule has 2 N–H and O–H groups in total. The molecule has 1 rings (SSSR count). The van der Waals surface area contributed by atoms with E-state index in [1.807, 2.05) is 6.92 Å². The minimum absolute atomic E-state index is 0.222. The lowest BCUT2D eigenvalue weighted by Crippen LogP contribution is -2.19. The Labute approximate surface area is 108 Å². The summed E-state index contributed by atoms with van der Waals surface area (Å²) >= 11 is 0. The Morgan fingerprint density at radius 1 is 1.33 bits per heavy atom. The number of rotatable bonds is 6. The van der Waals surface area contributed by atoms with Crippen LogP contribution in [0, 0.1) is 12.8 Å². The summed E-state index contributed by atoms with van der Waals surface area (Å²) in [5.41, 5.74) is 1.05. The molecule has 0 aliphatic heterocycles. The number of aromatic nitrogens is 1. The van der Waals surface area contributed by atoms with Crippen LogP contribution in [0.2, 0.25) is 0 Å². The average molecular weight is 250 g/mol. The molecular formula is C14H22N2O2. The Morgan fingerprint density at radius 3 is 2.56 bits per heavy atom. The average Bonchev–Trinajstić information content (AvgIpc) is 2.26. The first kappa shape index (κ1) is 14.5. The van der Waals surface area contributed by atoms with Crippen LogP contribution < -0.4 is 5.32 Å². The number of hydrogen-bond donors (Lipinski definition) is 2. The summed E-state index contributed by atoms with van der Waals surface area (Å²) in [6.45, 7) is 8.27. The Kier molecular flexibility index (Phi) is 5.13. The van der Waals surface area contributed by atoms with Crippen molar-refractivity contribution >= 4 is 11.8 Å². The van der Waals surface area contributed by atoms with E-state index in [0.29, 0.717) is 11.7 Å². The first-order valence-electron chi connectivity index (χ1n) is 6.37. The van der Waals surface area contributed by atoms with Gasteiger partial charge in [-0.2, -0.15) is 0 Å². The van der Waals surface area contributed by atoms with Crippen LogP contribution in [0.1, 0.15) is 49.7 Å². The largest absolute Gasteiger partial charge is 0.478 e. The molecule has 0 fully saturated rings. The predicted octanol–water partition coefficient (Wildman–Crippen LogP) is 3.32. The van der Waals surface area contributed by atoms with Crippen molar-refractivity contribution in [2.24, 2.45) is 5.92 Å². The summed E-state index contributed by atoms with van der Waals surface area (Å²) < 4.78 is 0. The second kappa shape index (κ2) is 6.38. The lowest BCUT2D eigenvalue weighted by atomic mass is 10.0. The van der Waals surface area contributed by atoms with Crippen LogP contribution in [-0.4, -0.2) is 22.1 Å². The normalized spacial score (nSPS) is 12.5. The van der Waals surface area contributed by atoms with E-state index < -0.39 is 5.97 Å². The minimum atomic E-state index is -0.943. The molecule has 4 nitrogen and oxygen atoms in total.